The Labute approximate surface area is 191 Å². The SMILES string of the molecule is CC(Sc1nc2c(cc1C#N)CC(c1ccccc1)CC2)C(=O)Nc1cccc(Cl)c1. The Kier molecular flexibility index (Phi) is 6.60. The fourth-order valence-corrected chi connectivity index (χ4v) is 4.94. The van der Waals surface area contributed by atoms with Crippen LogP contribution in [0.4, 0.5) is 5.69 Å². The van der Waals surface area contributed by atoms with Gasteiger partial charge in [0.05, 0.1) is 10.8 Å². The van der Waals surface area contributed by atoms with Crippen molar-refractivity contribution >= 4 is 35.0 Å². The van der Waals surface area contributed by atoms with Crippen molar-refractivity contribution in [1.82, 2.24) is 4.98 Å². The van der Waals surface area contributed by atoms with E-state index in [4.69, 9.17) is 16.6 Å². The molecule has 31 heavy (non-hydrogen) atoms. The van der Waals surface area contributed by atoms with E-state index >= 15 is 0 Å². The third-order valence-corrected chi connectivity index (χ3v) is 6.83. The van der Waals surface area contributed by atoms with Gasteiger partial charge in [-0.3, -0.25) is 4.79 Å². The van der Waals surface area contributed by atoms with Crippen LogP contribution in [0.3, 0.4) is 0 Å². The fraction of sp³-hybridized carbons (Fsp3) is 0.240. The van der Waals surface area contributed by atoms with E-state index in [2.05, 4.69) is 35.7 Å². The standard InChI is InChI=1S/C25H22ClN3OS/c1-16(24(30)28-22-9-5-8-21(26)14-22)31-25-20(15-27)13-19-12-18(10-11-23(19)29-25)17-6-3-2-4-7-17/h2-9,13-14,16,18H,10-12H2,1H3,(H,28,30). The maximum absolute atomic E-state index is 12.6. The van der Waals surface area contributed by atoms with Crippen LogP contribution in [0.15, 0.2) is 65.7 Å². The van der Waals surface area contributed by atoms with Gasteiger partial charge in [-0.05, 0) is 67.5 Å². The van der Waals surface area contributed by atoms with Gasteiger partial charge in [0.1, 0.15) is 11.1 Å². The number of fused-ring (bicyclic) bond motifs is 1. The van der Waals surface area contributed by atoms with E-state index in [-0.39, 0.29) is 5.91 Å². The zero-order valence-electron chi connectivity index (χ0n) is 17.1. The smallest absolute Gasteiger partial charge is 0.237 e. The van der Waals surface area contributed by atoms with E-state index in [1.807, 2.05) is 19.1 Å². The Morgan fingerprint density at radius 2 is 2.03 bits per heavy atom. The van der Waals surface area contributed by atoms with E-state index in [0.717, 1.165) is 30.5 Å². The summed E-state index contributed by atoms with van der Waals surface area (Å²) in [7, 11) is 0. The second-order valence-corrected chi connectivity index (χ2v) is 9.43. The molecule has 0 spiro atoms. The van der Waals surface area contributed by atoms with Crippen molar-refractivity contribution in [3.63, 3.8) is 0 Å². The first kappa shape index (κ1) is 21.4. The highest BCUT2D eigenvalue weighted by atomic mass is 35.5. The molecule has 0 saturated heterocycles. The van der Waals surface area contributed by atoms with Gasteiger partial charge in [0.2, 0.25) is 5.91 Å². The topological polar surface area (TPSA) is 65.8 Å². The van der Waals surface area contributed by atoms with Gasteiger partial charge in [0.25, 0.3) is 0 Å². The monoisotopic (exact) mass is 447 g/mol. The number of hydrogen-bond donors (Lipinski definition) is 1. The maximum atomic E-state index is 12.6. The number of carbonyl (C=O) groups is 1. The van der Waals surface area contributed by atoms with Crippen molar-refractivity contribution in [2.24, 2.45) is 0 Å². The number of hydrogen-bond acceptors (Lipinski definition) is 4. The third-order valence-electron chi connectivity index (χ3n) is 5.49. The zero-order valence-corrected chi connectivity index (χ0v) is 18.7. The largest absolute Gasteiger partial charge is 0.325 e. The van der Waals surface area contributed by atoms with Crippen molar-refractivity contribution in [3.8, 4) is 6.07 Å². The molecule has 1 aliphatic rings. The number of amides is 1. The molecule has 4 rings (SSSR count). The van der Waals surface area contributed by atoms with Crippen molar-refractivity contribution in [2.75, 3.05) is 5.32 Å². The normalized spacial score (nSPS) is 16.1. The molecule has 1 heterocycles. The van der Waals surface area contributed by atoms with Gasteiger partial charge in [-0.15, -0.1) is 0 Å². The van der Waals surface area contributed by atoms with Crippen molar-refractivity contribution in [1.29, 1.82) is 5.26 Å². The number of pyridine rings is 1. The number of benzene rings is 2. The number of rotatable bonds is 5. The van der Waals surface area contributed by atoms with Gasteiger partial charge in [0.15, 0.2) is 0 Å². The molecular weight excluding hydrogens is 426 g/mol. The van der Waals surface area contributed by atoms with E-state index < -0.39 is 5.25 Å². The van der Waals surface area contributed by atoms with E-state index in [9.17, 15) is 10.1 Å². The van der Waals surface area contributed by atoms with Gasteiger partial charge in [-0.25, -0.2) is 4.98 Å². The van der Waals surface area contributed by atoms with E-state index in [0.29, 0.717) is 27.2 Å². The number of halogens is 1. The Hall–Kier alpha value is -2.81. The quantitative estimate of drug-likeness (QED) is 0.487. The Balaban J connectivity index is 1.49. The Morgan fingerprint density at radius 1 is 1.23 bits per heavy atom. The number of aromatic nitrogens is 1. The van der Waals surface area contributed by atoms with E-state index in [1.165, 1.54) is 17.3 Å². The first-order valence-corrected chi connectivity index (χ1v) is 11.5. The molecule has 1 aliphatic carbocycles. The van der Waals surface area contributed by atoms with Crippen LogP contribution in [0.25, 0.3) is 0 Å². The molecule has 6 heteroatoms. The summed E-state index contributed by atoms with van der Waals surface area (Å²) < 4.78 is 0. The van der Waals surface area contributed by atoms with Gasteiger partial charge in [-0.2, -0.15) is 5.26 Å². The minimum Gasteiger partial charge on any atom is -0.325 e. The fourth-order valence-electron chi connectivity index (χ4n) is 3.86. The number of carbonyl (C=O) groups excluding carboxylic acids is 1. The van der Waals surface area contributed by atoms with Crippen LogP contribution in [0, 0.1) is 11.3 Å². The van der Waals surface area contributed by atoms with Crippen LogP contribution in [0.1, 0.15) is 41.6 Å². The molecule has 2 atom stereocenters. The number of nitriles is 1. The molecule has 1 amide bonds. The maximum Gasteiger partial charge on any atom is 0.237 e. The van der Waals surface area contributed by atoms with Crippen LogP contribution in [0.5, 0.6) is 0 Å². The zero-order chi connectivity index (χ0) is 21.8. The molecule has 3 aromatic rings. The van der Waals surface area contributed by atoms with Crippen LogP contribution in [0.2, 0.25) is 5.02 Å². The molecule has 0 fully saturated rings. The second-order valence-electron chi connectivity index (χ2n) is 7.67. The number of thioether (sulfide) groups is 1. The molecular formula is C25H22ClN3OS. The van der Waals surface area contributed by atoms with E-state index in [1.54, 1.807) is 24.3 Å². The minimum atomic E-state index is -0.405. The lowest BCUT2D eigenvalue weighted by molar-refractivity contribution is -0.115. The highest BCUT2D eigenvalue weighted by Gasteiger charge is 2.24. The van der Waals surface area contributed by atoms with Crippen molar-refractivity contribution in [2.45, 2.75) is 42.4 Å². The molecule has 0 saturated carbocycles. The summed E-state index contributed by atoms with van der Waals surface area (Å²) in [6.45, 7) is 1.82. The summed E-state index contributed by atoms with van der Waals surface area (Å²) in [4.78, 5) is 17.4. The molecule has 2 unspecified atom stereocenters. The summed E-state index contributed by atoms with van der Waals surface area (Å²) >= 11 is 7.31. The number of anilines is 1. The lowest BCUT2D eigenvalue weighted by atomic mass is 9.82. The predicted molar refractivity (Wildman–Crippen MR) is 126 cm³/mol. The Morgan fingerprint density at radius 3 is 2.77 bits per heavy atom. The molecule has 0 radical (unpaired) electrons. The average Bonchev–Trinajstić information content (AvgIpc) is 2.78. The highest BCUT2D eigenvalue weighted by Crippen LogP contribution is 2.35. The summed E-state index contributed by atoms with van der Waals surface area (Å²) in [6, 6.07) is 21.8. The number of nitrogens with one attached hydrogen (secondary N) is 1. The lowest BCUT2D eigenvalue weighted by Crippen LogP contribution is -2.23. The molecule has 2 aromatic carbocycles. The molecule has 1 N–H and O–H groups in total. The molecule has 4 nitrogen and oxygen atoms in total. The predicted octanol–water partition coefficient (Wildman–Crippen LogP) is 6.00. The minimum absolute atomic E-state index is 0.153. The molecule has 0 bridgehead atoms. The number of aryl methyl sites for hydroxylation is 1. The lowest BCUT2D eigenvalue weighted by Gasteiger charge is -2.25. The molecule has 0 aliphatic heterocycles. The van der Waals surface area contributed by atoms with Crippen LogP contribution in [-0.2, 0) is 17.6 Å². The summed E-state index contributed by atoms with van der Waals surface area (Å²) in [5.74, 6) is 0.294. The third kappa shape index (κ3) is 5.10. The van der Waals surface area contributed by atoms with Gasteiger partial charge >= 0.3 is 0 Å². The van der Waals surface area contributed by atoms with Crippen molar-refractivity contribution < 1.29 is 4.79 Å². The van der Waals surface area contributed by atoms with Crippen LogP contribution in [-0.4, -0.2) is 16.1 Å². The van der Waals surface area contributed by atoms with Crippen molar-refractivity contribution in [3.05, 3.63) is 88.1 Å². The summed E-state index contributed by atoms with van der Waals surface area (Å²) in [5, 5.41) is 13.4. The van der Waals surface area contributed by atoms with Gasteiger partial charge < -0.3 is 5.32 Å². The highest BCUT2D eigenvalue weighted by molar-refractivity contribution is 8.00. The molecule has 1 aromatic heterocycles. The van der Waals surface area contributed by atoms with Gasteiger partial charge in [-0.1, -0.05) is 59.8 Å². The first-order valence-electron chi connectivity index (χ1n) is 10.2. The van der Waals surface area contributed by atoms with Crippen LogP contribution >= 0.6 is 23.4 Å². The summed E-state index contributed by atoms with van der Waals surface area (Å²) in [6.07, 6.45) is 2.79. The number of nitrogens with zero attached hydrogens (tertiary/aromatic N) is 2. The second kappa shape index (κ2) is 9.55. The molecule has 156 valence electrons. The average molecular weight is 448 g/mol. The first-order chi connectivity index (χ1) is 15.0. The van der Waals surface area contributed by atoms with Crippen LogP contribution < -0.4 is 5.32 Å². The summed E-state index contributed by atoms with van der Waals surface area (Å²) in [5.41, 5.74) is 4.68. The Bertz CT molecular complexity index is 1140. The van der Waals surface area contributed by atoms with Gasteiger partial charge in [0, 0.05) is 16.4 Å².